The zero-order valence-electron chi connectivity index (χ0n) is 19.3. The SMILES string of the molecule is COc1cc([C@H]2COc3cc4c(cc3[C@H]2OC(C)=O)-c2c(cc(O)cc2OC)CC4)ccc1O. The number of esters is 1. The van der Waals surface area contributed by atoms with Crippen LogP contribution in [0, 0.1) is 0 Å². The van der Waals surface area contributed by atoms with E-state index in [1.54, 1.807) is 37.4 Å². The van der Waals surface area contributed by atoms with Gasteiger partial charge in [-0.2, -0.15) is 0 Å². The van der Waals surface area contributed by atoms with Crippen LogP contribution in [0.5, 0.6) is 28.7 Å². The molecule has 0 amide bonds. The van der Waals surface area contributed by atoms with E-state index < -0.39 is 12.1 Å². The van der Waals surface area contributed by atoms with Crippen molar-refractivity contribution in [2.75, 3.05) is 20.8 Å². The van der Waals surface area contributed by atoms with Crippen molar-refractivity contribution in [1.82, 2.24) is 0 Å². The minimum Gasteiger partial charge on any atom is -0.508 e. The fourth-order valence-corrected chi connectivity index (χ4v) is 5.02. The monoisotopic (exact) mass is 462 g/mol. The Morgan fingerprint density at radius 2 is 1.74 bits per heavy atom. The molecule has 1 heterocycles. The predicted molar refractivity (Wildman–Crippen MR) is 125 cm³/mol. The first-order valence-corrected chi connectivity index (χ1v) is 11.1. The molecule has 0 radical (unpaired) electrons. The molecule has 1 aliphatic heterocycles. The van der Waals surface area contributed by atoms with Crippen molar-refractivity contribution in [2.24, 2.45) is 0 Å². The van der Waals surface area contributed by atoms with Crippen molar-refractivity contribution >= 4 is 5.97 Å². The number of hydrogen-bond donors (Lipinski definition) is 2. The number of hydrogen-bond acceptors (Lipinski definition) is 7. The topological polar surface area (TPSA) is 94.5 Å². The van der Waals surface area contributed by atoms with E-state index in [0.717, 1.165) is 46.2 Å². The third kappa shape index (κ3) is 3.67. The largest absolute Gasteiger partial charge is 0.508 e. The highest BCUT2D eigenvalue weighted by molar-refractivity contribution is 5.81. The van der Waals surface area contributed by atoms with Gasteiger partial charge in [-0.3, -0.25) is 4.79 Å². The summed E-state index contributed by atoms with van der Waals surface area (Å²) < 4.78 is 22.9. The van der Waals surface area contributed by atoms with Crippen LogP contribution in [0.15, 0.2) is 42.5 Å². The maximum Gasteiger partial charge on any atom is 0.303 e. The molecule has 7 nitrogen and oxygen atoms in total. The number of phenolic OH excluding ortho intramolecular Hbond substituents is 2. The summed E-state index contributed by atoms with van der Waals surface area (Å²) in [6.07, 6.45) is 0.978. The molecule has 3 aromatic rings. The fraction of sp³-hybridized carbons (Fsp3) is 0.296. The van der Waals surface area contributed by atoms with E-state index in [2.05, 4.69) is 0 Å². The molecule has 3 aromatic carbocycles. The molecule has 0 saturated heterocycles. The fourth-order valence-electron chi connectivity index (χ4n) is 5.02. The van der Waals surface area contributed by atoms with Crippen LogP contribution in [0.3, 0.4) is 0 Å². The van der Waals surface area contributed by atoms with E-state index in [9.17, 15) is 15.0 Å². The maximum absolute atomic E-state index is 12.1. The lowest BCUT2D eigenvalue weighted by Crippen LogP contribution is -2.28. The second kappa shape index (κ2) is 8.48. The van der Waals surface area contributed by atoms with Crippen LogP contribution in [-0.4, -0.2) is 37.0 Å². The van der Waals surface area contributed by atoms with Gasteiger partial charge in [-0.15, -0.1) is 0 Å². The number of carbonyl (C=O) groups is 1. The lowest BCUT2D eigenvalue weighted by molar-refractivity contribution is -0.149. The quantitative estimate of drug-likeness (QED) is 0.545. The Labute approximate surface area is 197 Å². The molecule has 1 aliphatic carbocycles. The molecule has 7 heteroatoms. The Bertz CT molecular complexity index is 1260. The summed E-state index contributed by atoms with van der Waals surface area (Å²) in [6, 6.07) is 12.5. The average Bonchev–Trinajstić information content (AvgIpc) is 2.82. The predicted octanol–water partition coefficient (Wildman–Crippen LogP) is 4.66. The van der Waals surface area contributed by atoms with Gasteiger partial charge in [0, 0.05) is 24.1 Å². The van der Waals surface area contributed by atoms with Gasteiger partial charge in [0.1, 0.15) is 23.4 Å². The molecule has 2 atom stereocenters. The Balaban J connectivity index is 1.65. The number of ether oxygens (including phenoxy) is 4. The first kappa shape index (κ1) is 21.9. The van der Waals surface area contributed by atoms with Gasteiger partial charge >= 0.3 is 5.97 Å². The van der Waals surface area contributed by atoms with E-state index in [4.69, 9.17) is 18.9 Å². The number of rotatable bonds is 4. The first-order chi connectivity index (χ1) is 16.4. The highest BCUT2D eigenvalue weighted by Crippen LogP contribution is 2.50. The van der Waals surface area contributed by atoms with E-state index >= 15 is 0 Å². The number of fused-ring (bicyclic) bond motifs is 4. The zero-order chi connectivity index (χ0) is 24.0. The molecule has 0 spiro atoms. The van der Waals surface area contributed by atoms with E-state index in [1.807, 2.05) is 12.1 Å². The number of benzene rings is 3. The van der Waals surface area contributed by atoms with Gasteiger partial charge in [0.05, 0.1) is 26.7 Å². The summed E-state index contributed by atoms with van der Waals surface area (Å²) in [5, 5.41) is 20.1. The molecule has 2 N–H and O–H groups in total. The van der Waals surface area contributed by atoms with E-state index in [-0.39, 0.29) is 17.4 Å². The number of aryl methyl sites for hydroxylation is 2. The summed E-state index contributed by atoms with van der Waals surface area (Å²) >= 11 is 0. The minimum absolute atomic E-state index is 0.0356. The van der Waals surface area contributed by atoms with Crippen LogP contribution in [0.2, 0.25) is 0 Å². The highest BCUT2D eigenvalue weighted by Gasteiger charge is 2.37. The van der Waals surface area contributed by atoms with Gasteiger partial charge in [0.2, 0.25) is 0 Å². The minimum atomic E-state index is -0.589. The molecule has 2 aliphatic rings. The Morgan fingerprint density at radius 1 is 0.971 bits per heavy atom. The Hall–Kier alpha value is -3.87. The molecule has 0 fully saturated rings. The van der Waals surface area contributed by atoms with Crippen LogP contribution in [0.4, 0.5) is 0 Å². The molecule has 34 heavy (non-hydrogen) atoms. The summed E-state index contributed by atoms with van der Waals surface area (Å²) in [7, 11) is 3.07. The van der Waals surface area contributed by atoms with Gasteiger partial charge in [-0.05, 0) is 65.4 Å². The van der Waals surface area contributed by atoms with Gasteiger partial charge < -0.3 is 29.2 Å². The molecule has 176 valence electrons. The molecular formula is C27H26O7. The lowest BCUT2D eigenvalue weighted by atomic mass is 9.80. The van der Waals surface area contributed by atoms with Gasteiger partial charge in [0.15, 0.2) is 11.5 Å². The number of phenols is 2. The molecule has 0 unspecified atom stereocenters. The van der Waals surface area contributed by atoms with Crippen molar-refractivity contribution in [3.8, 4) is 39.9 Å². The Kier molecular flexibility index (Phi) is 5.48. The maximum atomic E-state index is 12.1. The average molecular weight is 462 g/mol. The smallest absolute Gasteiger partial charge is 0.303 e. The second-order valence-electron chi connectivity index (χ2n) is 8.61. The zero-order valence-corrected chi connectivity index (χ0v) is 19.3. The number of carbonyl (C=O) groups excluding carboxylic acids is 1. The summed E-state index contributed by atoms with van der Waals surface area (Å²) in [5.74, 6) is 1.13. The van der Waals surface area contributed by atoms with Crippen LogP contribution in [0.1, 0.15) is 41.2 Å². The van der Waals surface area contributed by atoms with Crippen LogP contribution < -0.4 is 14.2 Å². The van der Waals surface area contributed by atoms with Gasteiger partial charge in [0.25, 0.3) is 0 Å². The third-order valence-electron chi connectivity index (χ3n) is 6.57. The van der Waals surface area contributed by atoms with Crippen molar-refractivity contribution in [1.29, 1.82) is 0 Å². The Morgan fingerprint density at radius 3 is 2.47 bits per heavy atom. The normalized spacial score (nSPS) is 18.1. The molecule has 0 saturated carbocycles. The van der Waals surface area contributed by atoms with E-state index in [1.165, 1.54) is 14.0 Å². The number of aromatic hydroxyl groups is 2. The summed E-state index contributed by atoms with van der Waals surface area (Å²) in [5.41, 5.74) is 5.61. The van der Waals surface area contributed by atoms with E-state index in [0.29, 0.717) is 23.9 Å². The van der Waals surface area contributed by atoms with Crippen molar-refractivity contribution < 1.29 is 34.0 Å². The number of methoxy groups -OCH3 is 2. The first-order valence-electron chi connectivity index (χ1n) is 11.1. The standard InChI is InChI=1S/C27H26O7/c1-14(28)34-27-20-12-19-15(4-5-17-8-18(29)11-25(32-3)26(17)19)9-23(20)33-13-21(27)16-6-7-22(30)24(10-16)31-2/h6-12,21,27,29-30H,4-5,13H2,1-3H3/t21-,27-/m1/s1. The second-order valence-corrected chi connectivity index (χ2v) is 8.61. The van der Waals surface area contributed by atoms with Crippen LogP contribution >= 0.6 is 0 Å². The summed E-state index contributed by atoms with van der Waals surface area (Å²) in [4.78, 5) is 12.1. The van der Waals surface area contributed by atoms with Crippen molar-refractivity contribution in [2.45, 2.75) is 31.8 Å². The van der Waals surface area contributed by atoms with Gasteiger partial charge in [-0.1, -0.05) is 6.07 Å². The summed E-state index contributed by atoms with van der Waals surface area (Å²) in [6.45, 7) is 1.70. The molecule has 5 rings (SSSR count). The molecular weight excluding hydrogens is 436 g/mol. The van der Waals surface area contributed by atoms with Gasteiger partial charge in [-0.25, -0.2) is 0 Å². The highest BCUT2D eigenvalue weighted by atomic mass is 16.6. The van der Waals surface area contributed by atoms with Crippen molar-refractivity contribution in [3.63, 3.8) is 0 Å². The van der Waals surface area contributed by atoms with Crippen LogP contribution in [0.25, 0.3) is 11.1 Å². The molecule has 0 aromatic heterocycles. The molecule has 0 bridgehead atoms. The lowest BCUT2D eigenvalue weighted by Gasteiger charge is -2.35. The third-order valence-corrected chi connectivity index (χ3v) is 6.57. The van der Waals surface area contributed by atoms with Crippen LogP contribution in [-0.2, 0) is 22.4 Å². The van der Waals surface area contributed by atoms with Crippen molar-refractivity contribution in [3.05, 3.63) is 64.7 Å².